The first-order valence-corrected chi connectivity index (χ1v) is 11.4. The Kier molecular flexibility index (Phi) is 7.53. The molecule has 0 saturated heterocycles. The van der Waals surface area contributed by atoms with Crippen molar-refractivity contribution in [3.05, 3.63) is 114 Å². The number of rotatable bonds is 8. The molecule has 0 fully saturated rings. The zero-order valence-electron chi connectivity index (χ0n) is 19.6. The first-order valence-electron chi connectivity index (χ1n) is 11.4. The number of carbonyl (C=O) groups excluding carboxylic acids is 1. The van der Waals surface area contributed by atoms with Gasteiger partial charge in [-0.3, -0.25) is 9.78 Å². The van der Waals surface area contributed by atoms with Crippen LogP contribution >= 0.6 is 0 Å². The Morgan fingerprint density at radius 1 is 0.889 bits per heavy atom. The van der Waals surface area contributed by atoms with E-state index >= 15 is 0 Å². The molecule has 0 aliphatic heterocycles. The third kappa shape index (κ3) is 6.41. The van der Waals surface area contributed by atoms with Gasteiger partial charge in [0, 0.05) is 49.0 Å². The predicted octanol–water partition coefficient (Wildman–Crippen LogP) is 6.78. The van der Waals surface area contributed by atoms with E-state index in [1.165, 1.54) is 12.1 Å². The summed E-state index contributed by atoms with van der Waals surface area (Å²) in [7, 11) is 1.99. The molecular weight excluding hydrogens is 465 g/mol. The number of alkyl halides is 3. The molecule has 2 N–H and O–H groups in total. The monoisotopic (exact) mass is 490 g/mol. The van der Waals surface area contributed by atoms with E-state index in [2.05, 4.69) is 20.5 Å². The van der Waals surface area contributed by atoms with Crippen LogP contribution in [0.25, 0.3) is 0 Å². The number of pyridine rings is 1. The van der Waals surface area contributed by atoms with E-state index in [4.69, 9.17) is 0 Å². The lowest BCUT2D eigenvalue weighted by molar-refractivity contribution is -0.137. The van der Waals surface area contributed by atoms with Crippen molar-refractivity contribution in [3.63, 3.8) is 0 Å². The van der Waals surface area contributed by atoms with E-state index in [0.717, 1.165) is 36.5 Å². The standard InChI is InChI=1S/C28H25F3N4O/c1-35(18-16-21-8-4-5-17-32-21)24-14-12-22(13-15-24)34-27(36)25-10-2-3-11-26(25)33-23-9-6-7-20(19-23)28(29,30)31/h2-15,17,19,33H,16,18H2,1H3,(H,34,36). The smallest absolute Gasteiger partial charge is 0.374 e. The number of para-hydroxylation sites is 1. The Morgan fingerprint density at radius 3 is 2.36 bits per heavy atom. The van der Waals surface area contributed by atoms with E-state index in [1.807, 2.05) is 49.5 Å². The molecule has 1 heterocycles. The molecule has 3 aromatic carbocycles. The molecule has 0 aliphatic carbocycles. The van der Waals surface area contributed by atoms with Gasteiger partial charge in [0.05, 0.1) is 16.8 Å². The van der Waals surface area contributed by atoms with Crippen LogP contribution in [0, 0.1) is 0 Å². The van der Waals surface area contributed by atoms with Crippen molar-refractivity contribution < 1.29 is 18.0 Å². The molecule has 0 unspecified atom stereocenters. The number of amides is 1. The number of benzene rings is 3. The van der Waals surface area contributed by atoms with Crippen LogP contribution in [0.2, 0.25) is 0 Å². The molecular formula is C28H25F3N4O. The molecule has 0 bridgehead atoms. The molecule has 1 aromatic heterocycles. The van der Waals surface area contributed by atoms with Crippen molar-refractivity contribution >= 4 is 28.7 Å². The number of likely N-dealkylation sites (N-methyl/N-ethyl adjacent to an activating group) is 1. The highest BCUT2D eigenvalue weighted by Gasteiger charge is 2.30. The van der Waals surface area contributed by atoms with Crippen LogP contribution in [0.4, 0.5) is 35.9 Å². The SMILES string of the molecule is CN(CCc1ccccn1)c1ccc(NC(=O)c2ccccc2Nc2cccc(C(F)(F)F)c2)cc1. The Balaban J connectivity index is 1.41. The van der Waals surface area contributed by atoms with Gasteiger partial charge in [0.2, 0.25) is 0 Å². The van der Waals surface area contributed by atoms with Crippen molar-refractivity contribution in [2.75, 3.05) is 29.1 Å². The van der Waals surface area contributed by atoms with E-state index in [-0.39, 0.29) is 11.6 Å². The zero-order valence-corrected chi connectivity index (χ0v) is 19.6. The number of aromatic nitrogens is 1. The van der Waals surface area contributed by atoms with Crippen LogP contribution < -0.4 is 15.5 Å². The van der Waals surface area contributed by atoms with Gasteiger partial charge >= 0.3 is 6.18 Å². The molecule has 0 aliphatic rings. The van der Waals surface area contributed by atoms with Crippen LogP contribution in [0.1, 0.15) is 21.6 Å². The second kappa shape index (κ2) is 10.9. The van der Waals surface area contributed by atoms with Gasteiger partial charge in [-0.05, 0) is 66.7 Å². The van der Waals surface area contributed by atoms with Gasteiger partial charge in [0.15, 0.2) is 0 Å². The van der Waals surface area contributed by atoms with E-state index in [0.29, 0.717) is 16.9 Å². The number of carbonyl (C=O) groups is 1. The fourth-order valence-electron chi connectivity index (χ4n) is 3.67. The highest BCUT2D eigenvalue weighted by Crippen LogP contribution is 2.32. The number of nitrogens with zero attached hydrogens (tertiary/aromatic N) is 2. The van der Waals surface area contributed by atoms with Gasteiger partial charge in [-0.15, -0.1) is 0 Å². The first-order chi connectivity index (χ1) is 17.3. The average molecular weight is 491 g/mol. The quantitative estimate of drug-likeness (QED) is 0.286. The van der Waals surface area contributed by atoms with Crippen molar-refractivity contribution in [2.24, 2.45) is 0 Å². The number of halogens is 3. The highest BCUT2D eigenvalue weighted by atomic mass is 19.4. The van der Waals surface area contributed by atoms with Gasteiger partial charge in [0.25, 0.3) is 5.91 Å². The maximum Gasteiger partial charge on any atom is 0.416 e. The molecule has 1 amide bonds. The Bertz CT molecular complexity index is 1310. The van der Waals surface area contributed by atoms with E-state index < -0.39 is 11.7 Å². The van der Waals surface area contributed by atoms with Gasteiger partial charge in [0.1, 0.15) is 0 Å². The number of hydrogen-bond donors (Lipinski definition) is 2. The summed E-state index contributed by atoms with van der Waals surface area (Å²) in [5.41, 5.74) is 2.81. The Labute approximate surface area is 207 Å². The fourth-order valence-corrected chi connectivity index (χ4v) is 3.67. The molecule has 184 valence electrons. The molecule has 5 nitrogen and oxygen atoms in total. The second-order valence-electron chi connectivity index (χ2n) is 8.24. The second-order valence-corrected chi connectivity index (χ2v) is 8.24. The van der Waals surface area contributed by atoms with Crippen LogP contribution in [-0.2, 0) is 12.6 Å². The van der Waals surface area contributed by atoms with Gasteiger partial charge < -0.3 is 15.5 Å². The van der Waals surface area contributed by atoms with Gasteiger partial charge in [-0.25, -0.2) is 0 Å². The third-order valence-corrected chi connectivity index (χ3v) is 5.64. The number of anilines is 4. The number of nitrogens with one attached hydrogen (secondary N) is 2. The largest absolute Gasteiger partial charge is 0.416 e. The molecule has 36 heavy (non-hydrogen) atoms. The third-order valence-electron chi connectivity index (χ3n) is 5.64. The average Bonchev–Trinajstić information content (AvgIpc) is 2.88. The summed E-state index contributed by atoms with van der Waals surface area (Å²) in [5.74, 6) is -0.374. The highest BCUT2D eigenvalue weighted by molar-refractivity contribution is 6.08. The summed E-state index contributed by atoms with van der Waals surface area (Å²) in [5, 5.41) is 5.79. The van der Waals surface area contributed by atoms with E-state index in [1.54, 1.807) is 30.5 Å². The molecule has 0 spiro atoms. The lowest BCUT2D eigenvalue weighted by Crippen LogP contribution is -2.20. The van der Waals surface area contributed by atoms with E-state index in [9.17, 15) is 18.0 Å². The summed E-state index contributed by atoms with van der Waals surface area (Å²) in [6.07, 6.45) is -1.86. The molecule has 4 aromatic rings. The maximum atomic E-state index is 13.1. The molecule has 4 rings (SSSR count). The summed E-state index contributed by atoms with van der Waals surface area (Å²) in [4.78, 5) is 19.4. The maximum absolute atomic E-state index is 13.1. The van der Waals surface area contributed by atoms with Gasteiger partial charge in [-0.2, -0.15) is 13.2 Å². The summed E-state index contributed by atoms with van der Waals surface area (Å²) >= 11 is 0. The normalized spacial score (nSPS) is 11.1. The van der Waals surface area contributed by atoms with Crippen LogP contribution in [-0.4, -0.2) is 24.5 Å². The molecule has 0 radical (unpaired) electrons. The lowest BCUT2D eigenvalue weighted by Gasteiger charge is -2.19. The topological polar surface area (TPSA) is 57.3 Å². The van der Waals surface area contributed by atoms with Crippen molar-refractivity contribution in [3.8, 4) is 0 Å². The minimum atomic E-state index is -4.45. The zero-order chi connectivity index (χ0) is 25.5. The lowest BCUT2D eigenvalue weighted by atomic mass is 10.1. The Hall–Kier alpha value is -4.33. The van der Waals surface area contributed by atoms with Crippen LogP contribution in [0.3, 0.4) is 0 Å². The van der Waals surface area contributed by atoms with Crippen LogP contribution in [0.15, 0.2) is 97.2 Å². The summed E-state index contributed by atoms with van der Waals surface area (Å²) in [6, 6.07) is 24.8. The minimum Gasteiger partial charge on any atom is -0.374 e. The van der Waals surface area contributed by atoms with Gasteiger partial charge in [-0.1, -0.05) is 24.3 Å². The summed E-state index contributed by atoms with van der Waals surface area (Å²) in [6.45, 7) is 0.789. The first kappa shape index (κ1) is 24.8. The number of hydrogen-bond acceptors (Lipinski definition) is 4. The minimum absolute atomic E-state index is 0.239. The molecule has 8 heteroatoms. The van der Waals surface area contributed by atoms with Crippen molar-refractivity contribution in [2.45, 2.75) is 12.6 Å². The molecule has 0 atom stereocenters. The molecule has 0 saturated carbocycles. The van der Waals surface area contributed by atoms with Crippen molar-refractivity contribution in [1.82, 2.24) is 4.98 Å². The summed E-state index contributed by atoms with van der Waals surface area (Å²) < 4.78 is 39.2. The van der Waals surface area contributed by atoms with Crippen molar-refractivity contribution in [1.29, 1.82) is 0 Å². The Morgan fingerprint density at radius 2 is 1.64 bits per heavy atom. The van der Waals surface area contributed by atoms with Crippen LogP contribution in [0.5, 0.6) is 0 Å². The predicted molar refractivity (Wildman–Crippen MR) is 137 cm³/mol. The fraction of sp³-hybridized carbons (Fsp3) is 0.143.